The van der Waals surface area contributed by atoms with Gasteiger partial charge in [-0.2, -0.15) is 0 Å². The van der Waals surface area contributed by atoms with Crippen LogP contribution in [0, 0.1) is 0 Å². The number of hydrogen-bond donors (Lipinski definition) is 2. The van der Waals surface area contributed by atoms with Crippen LogP contribution in [0.15, 0.2) is 22.8 Å². The van der Waals surface area contributed by atoms with Crippen LogP contribution in [0.4, 0.5) is 0 Å². The summed E-state index contributed by atoms with van der Waals surface area (Å²) in [5.41, 5.74) is 5.39. The zero-order chi connectivity index (χ0) is 9.52. The van der Waals surface area contributed by atoms with Gasteiger partial charge in [0, 0.05) is 25.6 Å². The summed E-state index contributed by atoms with van der Waals surface area (Å²) in [4.78, 5) is 0. The van der Waals surface area contributed by atoms with Gasteiger partial charge >= 0.3 is 0 Å². The molecule has 0 amide bonds. The largest absolute Gasteiger partial charge is 0.469 e. The molecule has 0 fully saturated rings. The molecule has 0 aliphatic carbocycles. The molecule has 0 aliphatic rings. The van der Waals surface area contributed by atoms with Gasteiger partial charge < -0.3 is 15.5 Å². The molecule has 1 aromatic heterocycles. The number of aryl methyl sites for hydroxylation is 1. The molecular formula is C10H18N2O. The van der Waals surface area contributed by atoms with Crippen LogP contribution in [-0.2, 0) is 6.42 Å². The molecule has 3 heteroatoms. The van der Waals surface area contributed by atoms with Crippen molar-refractivity contribution < 1.29 is 4.42 Å². The van der Waals surface area contributed by atoms with E-state index in [1.165, 1.54) is 0 Å². The van der Waals surface area contributed by atoms with Crippen LogP contribution < -0.4 is 11.1 Å². The lowest BCUT2D eigenvalue weighted by Crippen LogP contribution is -2.31. The lowest BCUT2D eigenvalue weighted by atomic mass is 10.1. The van der Waals surface area contributed by atoms with E-state index < -0.39 is 0 Å². The summed E-state index contributed by atoms with van der Waals surface area (Å²) in [5, 5.41) is 3.33. The van der Waals surface area contributed by atoms with Gasteiger partial charge in [0.15, 0.2) is 0 Å². The normalized spacial score (nSPS) is 13.1. The summed E-state index contributed by atoms with van der Waals surface area (Å²) in [6.45, 7) is 3.75. The molecule has 1 atom stereocenters. The summed E-state index contributed by atoms with van der Waals surface area (Å²) >= 11 is 0. The Labute approximate surface area is 79.3 Å². The standard InChI is InChI=1S/C10H18N2O/c1-9(12-7-6-11)4-5-10-3-2-8-13-10/h2-3,8-9,12H,4-7,11H2,1H3. The molecule has 0 saturated heterocycles. The Balaban J connectivity index is 2.11. The molecule has 0 saturated carbocycles. The third-order valence-electron chi connectivity index (χ3n) is 2.04. The van der Waals surface area contributed by atoms with Crippen molar-refractivity contribution in [3.63, 3.8) is 0 Å². The van der Waals surface area contributed by atoms with Crippen molar-refractivity contribution >= 4 is 0 Å². The van der Waals surface area contributed by atoms with E-state index in [0.29, 0.717) is 12.6 Å². The average molecular weight is 182 g/mol. The van der Waals surface area contributed by atoms with E-state index in [0.717, 1.165) is 25.1 Å². The Kier molecular flexibility index (Phi) is 4.57. The zero-order valence-electron chi connectivity index (χ0n) is 8.12. The molecule has 1 unspecified atom stereocenters. The second-order valence-electron chi connectivity index (χ2n) is 3.26. The molecule has 3 N–H and O–H groups in total. The Morgan fingerprint density at radius 3 is 3.08 bits per heavy atom. The van der Waals surface area contributed by atoms with E-state index in [-0.39, 0.29) is 0 Å². The third-order valence-corrected chi connectivity index (χ3v) is 2.04. The van der Waals surface area contributed by atoms with Gasteiger partial charge in [-0.3, -0.25) is 0 Å². The highest BCUT2D eigenvalue weighted by Gasteiger charge is 2.02. The molecule has 1 heterocycles. The minimum atomic E-state index is 0.508. The molecule has 0 aliphatic heterocycles. The van der Waals surface area contributed by atoms with E-state index in [4.69, 9.17) is 10.2 Å². The molecule has 3 nitrogen and oxygen atoms in total. The highest BCUT2D eigenvalue weighted by Crippen LogP contribution is 2.05. The van der Waals surface area contributed by atoms with Gasteiger partial charge in [0.2, 0.25) is 0 Å². The molecular weight excluding hydrogens is 164 g/mol. The molecule has 0 bridgehead atoms. The Morgan fingerprint density at radius 1 is 1.62 bits per heavy atom. The molecule has 1 aromatic rings. The van der Waals surface area contributed by atoms with Crippen molar-refractivity contribution in [3.8, 4) is 0 Å². The Morgan fingerprint density at radius 2 is 2.46 bits per heavy atom. The van der Waals surface area contributed by atoms with Gasteiger partial charge in [0.1, 0.15) is 5.76 Å². The summed E-state index contributed by atoms with van der Waals surface area (Å²) in [6, 6.07) is 4.44. The van der Waals surface area contributed by atoms with Crippen molar-refractivity contribution in [3.05, 3.63) is 24.2 Å². The molecule has 0 aromatic carbocycles. The molecule has 13 heavy (non-hydrogen) atoms. The topological polar surface area (TPSA) is 51.2 Å². The van der Waals surface area contributed by atoms with Crippen LogP contribution in [0.2, 0.25) is 0 Å². The highest BCUT2D eigenvalue weighted by molar-refractivity contribution is 4.98. The van der Waals surface area contributed by atoms with Crippen molar-refractivity contribution in [2.45, 2.75) is 25.8 Å². The van der Waals surface area contributed by atoms with E-state index in [1.807, 2.05) is 12.1 Å². The molecule has 0 spiro atoms. The highest BCUT2D eigenvalue weighted by atomic mass is 16.3. The lowest BCUT2D eigenvalue weighted by molar-refractivity contribution is 0.463. The quantitative estimate of drug-likeness (QED) is 0.694. The van der Waals surface area contributed by atoms with Gasteiger partial charge in [0.25, 0.3) is 0 Å². The first-order chi connectivity index (χ1) is 6.33. The number of rotatable bonds is 6. The first-order valence-corrected chi connectivity index (χ1v) is 4.78. The summed E-state index contributed by atoms with van der Waals surface area (Å²) in [7, 11) is 0. The van der Waals surface area contributed by atoms with Crippen LogP contribution >= 0.6 is 0 Å². The Bertz CT molecular complexity index is 209. The first-order valence-electron chi connectivity index (χ1n) is 4.78. The maximum Gasteiger partial charge on any atom is 0.103 e. The lowest BCUT2D eigenvalue weighted by Gasteiger charge is -2.11. The van der Waals surface area contributed by atoms with Crippen molar-refractivity contribution in [1.82, 2.24) is 5.32 Å². The van der Waals surface area contributed by atoms with Crippen LogP contribution in [0.5, 0.6) is 0 Å². The fraction of sp³-hybridized carbons (Fsp3) is 0.600. The zero-order valence-corrected chi connectivity index (χ0v) is 8.12. The van der Waals surface area contributed by atoms with Crippen molar-refractivity contribution in [1.29, 1.82) is 0 Å². The summed E-state index contributed by atoms with van der Waals surface area (Å²) in [6.07, 6.45) is 3.80. The predicted octanol–water partition coefficient (Wildman–Crippen LogP) is 1.15. The summed E-state index contributed by atoms with van der Waals surface area (Å²) in [5.74, 6) is 1.06. The van der Waals surface area contributed by atoms with E-state index in [1.54, 1.807) is 6.26 Å². The van der Waals surface area contributed by atoms with Crippen molar-refractivity contribution in [2.75, 3.05) is 13.1 Å². The monoisotopic (exact) mass is 182 g/mol. The van der Waals surface area contributed by atoms with E-state index >= 15 is 0 Å². The SMILES string of the molecule is CC(CCc1ccco1)NCCN. The summed E-state index contributed by atoms with van der Waals surface area (Å²) < 4.78 is 5.24. The van der Waals surface area contributed by atoms with Gasteiger partial charge in [-0.15, -0.1) is 0 Å². The van der Waals surface area contributed by atoms with Crippen molar-refractivity contribution in [2.24, 2.45) is 5.73 Å². The fourth-order valence-electron chi connectivity index (χ4n) is 1.25. The smallest absolute Gasteiger partial charge is 0.103 e. The second kappa shape index (κ2) is 5.78. The van der Waals surface area contributed by atoms with Gasteiger partial charge in [-0.05, 0) is 25.5 Å². The van der Waals surface area contributed by atoms with Crippen LogP contribution in [-0.4, -0.2) is 19.1 Å². The van der Waals surface area contributed by atoms with Gasteiger partial charge in [-0.1, -0.05) is 0 Å². The Hall–Kier alpha value is -0.800. The minimum Gasteiger partial charge on any atom is -0.469 e. The minimum absolute atomic E-state index is 0.508. The maximum absolute atomic E-state index is 5.39. The second-order valence-corrected chi connectivity index (χ2v) is 3.26. The average Bonchev–Trinajstić information content (AvgIpc) is 2.64. The first kappa shape index (κ1) is 10.3. The van der Waals surface area contributed by atoms with E-state index in [2.05, 4.69) is 12.2 Å². The fourth-order valence-corrected chi connectivity index (χ4v) is 1.25. The predicted molar refractivity (Wildman–Crippen MR) is 53.5 cm³/mol. The number of hydrogen-bond acceptors (Lipinski definition) is 3. The number of nitrogens with two attached hydrogens (primary N) is 1. The van der Waals surface area contributed by atoms with Crippen LogP contribution in [0.1, 0.15) is 19.1 Å². The molecule has 74 valence electrons. The molecule has 0 radical (unpaired) electrons. The van der Waals surface area contributed by atoms with Gasteiger partial charge in [0.05, 0.1) is 6.26 Å². The van der Waals surface area contributed by atoms with Crippen LogP contribution in [0.3, 0.4) is 0 Å². The number of furan rings is 1. The maximum atomic E-state index is 5.39. The van der Waals surface area contributed by atoms with Crippen LogP contribution in [0.25, 0.3) is 0 Å². The molecule has 1 rings (SSSR count). The van der Waals surface area contributed by atoms with E-state index in [9.17, 15) is 0 Å². The van der Waals surface area contributed by atoms with Gasteiger partial charge in [-0.25, -0.2) is 0 Å². The number of nitrogens with one attached hydrogen (secondary N) is 1. The third kappa shape index (κ3) is 4.10.